The predicted molar refractivity (Wildman–Crippen MR) is 118 cm³/mol. The number of carbonyl (C=O) groups is 1. The van der Waals surface area contributed by atoms with Crippen LogP contribution < -0.4 is 14.8 Å². The van der Waals surface area contributed by atoms with Crippen LogP contribution in [0.3, 0.4) is 0 Å². The van der Waals surface area contributed by atoms with Gasteiger partial charge in [0, 0.05) is 6.08 Å². The Morgan fingerprint density at radius 3 is 2.45 bits per heavy atom. The van der Waals surface area contributed by atoms with Crippen LogP contribution in [0.15, 0.2) is 53.4 Å². The fourth-order valence-corrected chi connectivity index (χ4v) is 4.85. The molecular weight excluding hydrogens is 419 g/mol. The molecule has 0 heterocycles. The lowest BCUT2D eigenvalue weighted by molar-refractivity contribution is -0.117. The van der Waals surface area contributed by atoms with Crippen molar-refractivity contribution in [3.63, 3.8) is 0 Å². The van der Waals surface area contributed by atoms with Crippen molar-refractivity contribution in [2.45, 2.75) is 36.6 Å². The second-order valence-corrected chi connectivity index (χ2v) is 9.39. The first-order valence-electron chi connectivity index (χ1n) is 10.2. The minimum Gasteiger partial charge on any atom is -0.495 e. The lowest BCUT2D eigenvalue weighted by atomic mass is 9.91. The second-order valence-electron chi connectivity index (χ2n) is 7.53. The molecule has 1 amide bonds. The molecule has 1 atom stereocenters. The molecule has 0 bridgehead atoms. The van der Waals surface area contributed by atoms with E-state index < -0.39 is 10.0 Å². The number of rotatable bonds is 8. The lowest BCUT2D eigenvalue weighted by Crippen LogP contribution is -2.31. The molecule has 8 heteroatoms. The first-order chi connectivity index (χ1) is 14.8. The van der Waals surface area contributed by atoms with E-state index in [2.05, 4.69) is 10.0 Å². The van der Waals surface area contributed by atoms with E-state index in [1.807, 2.05) is 0 Å². The van der Waals surface area contributed by atoms with Crippen molar-refractivity contribution in [1.82, 2.24) is 10.0 Å². The maximum Gasteiger partial charge on any atom is 0.244 e. The molecule has 2 N–H and O–H groups in total. The fourth-order valence-electron chi connectivity index (χ4n) is 3.92. The van der Waals surface area contributed by atoms with Gasteiger partial charge in [0.25, 0.3) is 0 Å². The molecule has 0 aromatic heterocycles. The summed E-state index contributed by atoms with van der Waals surface area (Å²) in [5.74, 6) is -0.0910. The lowest BCUT2D eigenvalue weighted by Gasteiger charge is -2.24. The van der Waals surface area contributed by atoms with Gasteiger partial charge in [-0.1, -0.05) is 31.0 Å². The smallest absolute Gasteiger partial charge is 0.244 e. The summed E-state index contributed by atoms with van der Waals surface area (Å²) < 4.78 is 45.2. The van der Waals surface area contributed by atoms with Crippen LogP contribution in [0.2, 0.25) is 0 Å². The van der Waals surface area contributed by atoms with Crippen LogP contribution in [0.4, 0.5) is 4.39 Å². The fraction of sp³-hybridized carbons (Fsp3) is 0.348. The Morgan fingerprint density at radius 2 is 1.84 bits per heavy atom. The van der Waals surface area contributed by atoms with Crippen molar-refractivity contribution >= 4 is 22.0 Å². The topological polar surface area (TPSA) is 84.5 Å². The Bertz CT molecular complexity index is 1050. The maximum atomic E-state index is 13.3. The number of nitrogens with one attached hydrogen (secondary N) is 2. The summed E-state index contributed by atoms with van der Waals surface area (Å²) in [6, 6.07) is 10.7. The summed E-state index contributed by atoms with van der Waals surface area (Å²) in [5.41, 5.74) is 1.42. The number of ether oxygens (including phenoxy) is 1. The number of methoxy groups -OCH3 is 1. The molecule has 0 spiro atoms. The van der Waals surface area contributed by atoms with E-state index in [-0.39, 0.29) is 28.4 Å². The molecule has 31 heavy (non-hydrogen) atoms. The number of benzene rings is 2. The summed E-state index contributed by atoms with van der Waals surface area (Å²) in [4.78, 5) is 12.7. The Kier molecular flexibility index (Phi) is 7.46. The Labute approximate surface area is 182 Å². The van der Waals surface area contributed by atoms with Gasteiger partial charge in [0.2, 0.25) is 15.9 Å². The van der Waals surface area contributed by atoms with Gasteiger partial charge in [-0.05, 0) is 67.3 Å². The van der Waals surface area contributed by atoms with Crippen molar-refractivity contribution in [1.29, 1.82) is 0 Å². The van der Waals surface area contributed by atoms with Crippen LogP contribution in [0.5, 0.6) is 5.75 Å². The molecule has 6 nitrogen and oxygen atoms in total. The van der Waals surface area contributed by atoms with Crippen LogP contribution in [0.1, 0.15) is 42.9 Å². The molecule has 1 fully saturated rings. The summed E-state index contributed by atoms with van der Waals surface area (Å²) in [7, 11) is -0.995. The van der Waals surface area contributed by atoms with Gasteiger partial charge in [0.05, 0.1) is 13.2 Å². The van der Waals surface area contributed by atoms with Gasteiger partial charge in [-0.15, -0.1) is 0 Å². The highest BCUT2D eigenvalue weighted by Crippen LogP contribution is 2.35. The van der Waals surface area contributed by atoms with Crippen molar-refractivity contribution in [3.05, 3.63) is 65.5 Å². The summed E-state index contributed by atoms with van der Waals surface area (Å²) in [5, 5.41) is 3.04. The summed E-state index contributed by atoms with van der Waals surface area (Å²) >= 11 is 0. The van der Waals surface area contributed by atoms with Crippen LogP contribution in [-0.2, 0) is 14.8 Å². The zero-order valence-corrected chi connectivity index (χ0v) is 18.4. The van der Waals surface area contributed by atoms with Gasteiger partial charge < -0.3 is 10.1 Å². The molecule has 1 aliphatic carbocycles. The summed E-state index contributed by atoms with van der Waals surface area (Å²) in [6.45, 7) is 0. The van der Waals surface area contributed by atoms with E-state index in [4.69, 9.17) is 4.74 Å². The van der Waals surface area contributed by atoms with Crippen molar-refractivity contribution < 1.29 is 22.3 Å². The minimum absolute atomic E-state index is 0.00444. The van der Waals surface area contributed by atoms with Crippen LogP contribution in [0.25, 0.3) is 6.08 Å². The Balaban J connectivity index is 1.79. The first-order valence-corrected chi connectivity index (χ1v) is 11.7. The van der Waals surface area contributed by atoms with E-state index >= 15 is 0 Å². The van der Waals surface area contributed by atoms with Gasteiger partial charge in [-0.3, -0.25) is 4.79 Å². The third kappa shape index (κ3) is 5.71. The highest BCUT2D eigenvalue weighted by Gasteiger charge is 2.27. The molecule has 2 aromatic rings. The second kappa shape index (κ2) is 10.1. The van der Waals surface area contributed by atoms with Gasteiger partial charge in [0.15, 0.2) is 0 Å². The number of amides is 1. The van der Waals surface area contributed by atoms with E-state index in [9.17, 15) is 17.6 Å². The van der Waals surface area contributed by atoms with Gasteiger partial charge in [0.1, 0.15) is 16.5 Å². The highest BCUT2D eigenvalue weighted by atomic mass is 32.2. The molecular formula is C23H27FN2O4S. The van der Waals surface area contributed by atoms with E-state index in [0.717, 1.165) is 31.2 Å². The van der Waals surface area contributed by atoms with Crippen molar-refractivity contribution in [2.24, 2.45) is 5.92 Å². The molecule has 0 radical (unpaired) electrons. The van der Waals surface area contributed by atoms with Crippen LogP contribution in [-0.4, -0.2) is 28.5 Å². The quantitative estimate of drug-likeness (QED) is 0.604. The highest BCUT2D eigenvalue weighted by molar-refractivity contribution is 7.89. The molecule has 2 aromatic carbocycles. The number of halogens is 1. The first kappa shape index (κ1) is 23.0. The van der Waals surface area contributed by atoms with Gasteiger partial charge >= 0.3 is 0 Å². The standard InChI is InChI=1S/C23H27FN2O4S/c1-25-31(28,29)21-15-16(7-13-20(21)30-2)8-14-22(27)26-23(17-5-3-4-6-17)18-9-11-19(24)12-10-18/h7-15,17,23,25H,3-6H2,1-2H3,(H,26,27). The van der Waals surface area contributed by atoms with Crippen LogP contribution >= 0.6 is 0 Å². The van der Waals surface area contributed by atoms with Crippen LogP contribution in [0, 0.1) is 11.7 Å². The predicted octanol–water partition coefficient (Wildman–Crippen LogP) is 3.80. The third-order valence-electron chi connectivity index (χ3n) is 5.57. The van der Waals surface area contributed by atoms with Gasteiger partial charge in [-0.25, -0.2) is 17.5 Å². The SMILES string of the molecule is CNS(=O)(=O)c1cc(C=CC(=O)NC(c2ccc(F)cc2)C2CCCC2)ccc1OC. The zero-order chi connectivity index (χ0) is 22.4. The minimum atomic E-state index is -3.71. The number of hydrogen-bond donors (Lipinski definition) is 2. The van der Waals surface area contributed by atoms with Crippen molar-refractivity contribution in [2.75, 3.05) is 14.2 Å². The normalized spacial score (nSPS) is 15.8. The number of hydrogen-bond acceptors (Lipinski definition) is 4. The Hall–Kier alpha value is -2.71. The van der Waals surface area contributed by atoms with E-state index in [1.54, 1.807) is 30.3 Å². The zero-order valence-electron chi connectivity index (χ0n) is 17.6. The molecule has 1 saturated carbocycles. The number of carbonyl (C=O) groups excluding carboxylic acids is 1. The average Bonchev–Trinajstić information content (AvgIpc) is 3.31. The molecule has 1 unspecified atom stereocenters. The molecule has 3 rings (SSSR count). The molecule has 0 aliphatic heterocycles. The largest absolute Gasteiger partial charge is 0.495 e. The van der Waals surface area contributed by atoms with E-state index in [0.29, 0.717) is 11.5 Å². The third-order valence-corrected chi connectivity index (χ3v) is 7.01. The summed E-state index contributed by atoms with van der Waals surface area (Å²) in [6.07, 6.45) is 7.18. The average molecular weight is 447 g/mol. The van der Waals surface area contributed by atoms with Gasteiger partial charge in [-0.2, -0.15) is 0 Å². The maximum absolute atomic E-state index is 13.3. The van der Waals surface area contributed by atoms with Crippen molar-refractivity contribution in [3.8, 4) is 5.75 Å². The Morgan fingerprint density at radius 1 is 1.16 bits per heavy atom. The molecule has 1 aliphatic rings. The molecule has 166 valence electrons. The molecule has 0 saturated heterocycles. The van der Waals surface area contributed by atoms with E-state index in [1.165, 1.54) is 38.4 Å². The number of sulfonamides is 1. The monoisotopic (exact) mass is 446 g/mol.